The van der Waals surface area contributed by atoms with Crippen LogP contribution in [0.25, 0.3) is 10.8 Å². The molecular weight excluding hydrogens is 356 g/mol. The first-order chi connectivity index (χ1) is 10.1. The van der Waals surface area contributed by atoms with Crippen LogP contribution >= 0.6 is 58.8 Å². The second-order valence-electron chi connectivity index (χ2n) is 4.17. The van der Waals surface area contributed by atoms with Gasteiger partial charge in [0.1, 0.15) is 5.75 Å². The summed E-state index contributed by atoms with van der Waals surface area (Å²) in [5.74, 6) is 0.376. The molecule has 0 aliphatic carbocycles. The molecule has 21 heavy (non-hydrogen) atoms. The lowest BCUT2D eigenvalue weighted by atomic mass is 10.1. The normalized spacial score (nSPS) is 11.3. The maximum Gasteiger partial charge on any atom is 0.129 e. The van der Waals surface area contributed by atoms with Gasteiger partial charge in [-0.2, -0.15) is 0 Å². The predicted octanol–water partition coefficient (Wildman–Crippen LogP) is 6.15. The van der Waals surface area contributed by atoms with Crippen molar-refractivity contribution in [2.24, 2.45) is 0 Å². The van der Waals surface area contributed by atoms with E-state index in [-0.39, 0.29) is 0 Å². The fourth-order valence-electron chi connectivity index (χ4n) is 2.40. The smallest absolute Gasteiger partial charge is 0.129 e. The zero-order valence-electron chi connectivity index (χ0n) is 12.6. The van der Waals surface area contributed by atoms with Gasteiger partial charge in [0.25, 0.3) is 0 Å². The SMILES string of the molecule is CSc1c(SC)c(SC)c2c(SC)c(O)ccc2c1SC. The lowest BCUT2D eigenvalue weighted by molar-refractivity contribution is 0.464. The average Bonchev–Trinajstić information content (AvgIpc) is 2.52. The van der Waals surface area contributed by atoms with Gasteiger partial charge in [-0.15, -0.1) is 58.8 Å². The summed E-state index contributed by atoms with van der Waals surface area (Å²) in [6.45, 7) is 0. The molecule has 0 bridgehead atoms. The molecule has 0 aliphatic heterocycles. The number of aromatic hydroxyl groups is 1. The summed E-state index contributed by atoms with van der Waals surface area (Å²) in [6, 6.07) is 3.88. The van der Waals surface area contributed by atoms with Crippen molar-refractivity contribution < 1.29 is 5.11 Å². The van der Waals surface area contributed by atoms with E-state index in [0.29, 0.717) is 5.75 Å². The van der Waals surface area contributed by atoms with Crippen LogP contribution in [0, 0.1) is 0 Å². The zero-order chi connectivity index (χ0) is 15.6. The van der Waals surface area contributed by atoms with E-state index in [1.807, 2.05) is 24.1 Å². The van der Waals surface area contributed by atoms with Gasteiger partial charge < -0.3 is 5.11 Å². The van der Waals surface area contributed by atoms with E-state index in [1.165, 1.54) is 30.4 Å². The van der Waals surface area contributed by atoms with Crippen molar-refractivity contribution in [1.29, 1.82) is 0 Å². The summed E-state index contributed by atoms with van der Waals surface area (Å²) < 4.78 is 0. The van der Waals surface area contributed by atoms with Crippen molar-refractivity contribution in [3.63, 3.8) is 0 Å². The number of phenolic OH excluding ortho intramolecular Hbond substituents is 1. The Morgan fingerprint density at radius 1 is 0.619 bits per heavy atom. The van der Waals surface area contributed by atoms with E-state index in [0.717, 1.165) is 4.90 Å². The highest BCUT2D eigenvalue weighted by molar-refractivity contribution is 8.04. The van der Waals surface area contributed by atoms with Crippen molar-refractivity contribution in [2.45, 2.75) is 24.5 Å². The molecule has 0 radical (unpaired) electrons. The molecule has 0 spiro atoms. The van der Waals surface area contributed by atoms with Gasteiger partial charge >= 0.3 is 0 Å². The Balaban J connectivity index is 3.07. The Morgan fingerprint density at radius 3 is 1.57 bits per heavy atom. The molecule has 1 N–H and O–H groups in total. The number of hydrogen-bond acceptors (Lipinski definition) is 6. The Morgan fingerprint density at radius 2 is 1.10 bits per heavy atom. The second-order valence-corrected chi connectivity index (χ2v) is 8.26. The predicted molar refractivity (Wildman–Crippen MR) is 105 cm³/mol. The van der Waals surface area contributed by atoms with Crippen molar-refractivity contribution in [3.8, 4) is 5.75 Å². The first-order valence-corrected chi connectivity index (χ1v) is 12.3. The average molecular weight is 375 g/mol. The monoisotopic (exact) mass is 374 g/mol. The Kier molecular flexibility index (Phi) is 6.44. The summed E-state index contributed by atoms with van der Waals surface area (Å²) >= 11 is 8.78. The molecule has 1 nitrogen and oxygen atoms in total. The number of fused-ring (bicyclic) bond motifs is 1. The molecule has 0 aliphatic rings. The maximum absolute atomic E-state index is 10.2. The molecule has 0 fully saturated rings. The van der Waals surface area contributed by atoms with Crippen LogP contribution in [-0.4, -0.2) is 36.4 Å². The molecule has 0 unspecified atom stereocenters. The molecule has 114 valence electrons. The lowest BCUT2D eigenvalue weighted by Crippen LogP contribution is -1.92. The molecule has 0 saturated carbocycles. The third-order valence-corrected chi connectivity index (χ3v) is 7.74. The fraction of sp³-hybridized carbons (Fsp3) is 0.333. The quantitative estimate of drug-likeness (QED) is 0.628. The molecule has 2 aromatic rings. The van der Waals surface area contributed by atoms with E-state index >= 15 is 0 Å². The minimum Gasteiger partial charge on any atom is -0.507 e. The lowest BCUT2D eigenvalue weighted by Gasteiger charge is -2.20. The Labute approximate surface area is 147 Å². The van der Waals surface area contributed by atoms with Crippen LogP contribution < -0.4 is 0 Å². The highest BCUT2D eigenvalue weighted by atomic mass is 32.2. The second kappa shape index (κ2) is 7.68. The molecule has 0 atom stereocenters. The Hall–Kier alpha value is 0.250. The van der Waals surface area contributed by atoms with Crippen molar-refractivity contribution in [3.05, 3.63) is 12.1 Å². The van der Waals surface area contributed by atoms with Crippen LogP contribution in [0.3, 0.4) is 0 Å². The Bertz CT molecular complexity index is 669. The summed E-state index contributed by atoms with van der Waals surface area (Å²) in [5, 5.41) is 12.7. The zero-order valence-corrected chi connectivity index (χ0v) is 16.7. The number of thioether (sulfide) groups is 5. The molecule has 6 heteroatoms. The summed E-state index contributed by atoms with van der Waals surface area (Å²) in [5.41, 5.74) is 0. The van der Waals surface area contributed by atoms with Crippen LogP contribution in [-0.2, 0) is 0 Å². The van der Waals surface area contributed by atoms with Crippen LogP contribution in [0.4, 0.5) is 0 Å². The summed E-state index contributed by atoms with van der Waals surface area (Å²) in [6.07, 6.45) is 10.5. The van der Waals surface area contributed by atoms with Gasteiger partial charge in [0, 0.05) is 25.0 Å². The van der Waals surface area contributed by atoms with Gasteiger partial charge in [0.2, 0.25) is 0 Å². The molecule has 0 heterocycles. The van der Waals surface area contributed by atoms with Crippen LogP contribution in [0.1, 0.15) is 0 Å². The van der Waals surface area contributed by atoms with Gasteiger partial charge in [-0.1, -0.05) is 0 Å². The third kappa shape index (κ3) is 3.02. The third-order valence-electron chi connectivity index (χ3n) is 3.25. The van der Waals surface area contributed by atoms with Gasteiger partial charge in [0.15, 0.2) is 0 Å². The van der Waals surface area contributed by atoms with Gasteiger partial charge in [-0.3, -0.25) is 0 Å². The van der Waals surface area contributed by atoms with E-state index in [4.69, 9.17) is 0 Å². The summed E-state index contributed by atoms with van der Waals surface area (Å²) in [7, 11) is 0. The first kappa shape index (κ1) is 17.6. The van der Waals surface area contributed by atoms with Crippen molar-refractivity contribution in [1.82, 2.24) is 0 Å². The van der Waals surface area contributed by atoms with Gasteiger partial charge in [-0.05, 0) is 48.8 Å². The molecule has 2 aromatic carbocycles. The van der Waals surface area contributed by atoms with E-state index in [1.54, 1.807) is 47.0 Å². The fourth-order valence-corrected chi connectivity index (χ4v) is 7.33. The van der Waals surface area contributed by atoms with E-state index in [2.05, 4.69) is 31.1 Å². The van der Waals surface area contributed by atoms with Gasteiger partial charge in [0.05, 0.1) is 4.90 Å². The minimum atomic E-state index is 0.376. The number of rotatable bonds is 5. The highest BCUT2D eigenvalue weighted by Gasteiger charge is 2.21. The van der Waals surface area contributed by atoms with E-state index in [9.17, 15) is 5.11 Å². The number of phenols is 1. The topological polar surface area (TPSA) is 20.2 Å². The largest absolute Gasteiger partial charge is 0.507 e. The molecule has 0 saturated heterocycles. The van der Waals surface area contributed by atoms with Crippen LogP contribution in [0.2, 0.25) is 0 Å². The molecule has 2 rings (SSSR count). The van der Waals surface area contributed by atoms with Gasteiger partial charge in [-0.25, -0.2) is 0 Å². The van der Waals surface area contributed by atoms with Crippen LogP contribution in [0.5, 0.6) is 5.75 Å². The highest BCUT2D eigenvalue weighted by Crippen LogP contribution is 2.50. The van der Waals surface area contributed by atoms with Crippen molar-refractivity contribution >= 4 is 69.6 Å². The number of benzene rings is 2. The van der Waals surface area contributed by atoms with Crippen LogP contribution in [0.15, 0.2) is 36.6 Å². The number of hydrogen-bond donors (Lipinski definition) is 1. The standard InChI is InChI=1S/C15H18OS5/c1-17-11-8-6-7-9(16)12(18-2)10(8)13(19-3)15(21-5)14(11)20-4/h6-7,16H,1-5H3. The van der Waals surface area contributed by atoms with E-state index < -0.39 is 0 Å². The molecular formula is C15H18OS5. The maximum atomic E-state index is 10.2. The molecule has 0 amide bonds. The van der Waals surface area contributed by atoms with Crippen molar-refractivity contribution in [2.75, 3.05) is 31.3 Å². The molecule has 0 aromatic heterocycles. The first-order valence-electron chi connectivity index (χ1n) is 6.20. The minimum absolute atomic E-state index is 0.376. The summed E-state index contributed by atoms with van der Waals surface area (Å²) in [4.78, 5) is 6.25.